The number of rotatable bonds is 4. The Hall–Kier alpha value is -3.74. The third-order valence-corrected chi connectivity index (χ3v) is 3.91. The van der Waals surface area contributed by atoms with Gasteiger partial charge < -0.3 is 9.88 Å². The number of nitrogens with one attached hydrogen (secondary N) is 2. The van der Waals surface area contributed by atoms with Gasteiger partial charge in [-0.25, -0.2) is 9.97 Å². The molecular weight excluding hydrogens is 328 g/mol. The zero-order valence-corrected chi connectivity index (χ0v) is 14.0. The van der Waals surface area contributed by atoms with E-state index in [0.29, 0.717) is 17.1 Å². The Labute approximate surface area is 149 Å². The van der Waals surface area contributed by atoms with Gasteiger partial charge in [0.05, 0.1) is 6.33 Å². The standard InChI is InChI=1S/C19H16N6O/c1-13-21-18(24-23-13)15-3-2-4-16(11-15)22-19(26)14-5-7-17(8-6-14)25-10-9-20-12-25/h2-12H,1H3,(H,22,26)(H,21,23,24). The highest BCUT2D eigenvalue weighted by molar-refractivity contribution is 6.04. The van der Waals surface area contributed by atoms with Gasteiger partial charge in [0.15, 0.2) is 5.82 Å². The molecule has 2 heterocycles. The van der Waals surface area contributed by atoms with Crippen molar-refractivity contribution in [2.45, 2.75) is 6.92 Å². The summed E-state index contributed by atoms with van der Waals surface area (Å²) in [5, 5.41) is 9.86. The molecule has 7 nitrogen and oxygen atoms in total. The lowest BCUT2D eigenvalue weighted by Gasteiger charge is -2.07. The number of benzene rings is 2. The van der Waals surface area contributed by atoms with Crippen molar-refractivity contribution in [3.63, 3.8) is 0 Å². The van der Waals surface area contributed by atoms with E-state index in [-0.39, 0.29) is 5.91 Å². The van der Waals surface area contributed by atoms with Crippen molar-refractivity contribution in [3.8, 4) is 17.1 Å². The number of imidazole rings is 1. The second kappa shape index (κ2) is 6.64. The van der Waals surface area contributed by atoms with E-state index in [2.05, 4.69) is 25.5 Å². The second-order valence-electron chi connectivity index (χ2n) is 5.80. The van der Waals surface area contributed by atoms with Crippen molar-refractivity contribution < 1.29 is 4.79 Å². The van der Waals surface area contributed by atoms with Crippen molar-refractivity contribution in [1.82, 2.24) is 24.7 Å². The van der Waals surface area contributed by atoms with Crippen LogP contribution < -0.4 is 5.32 Å². The average molecular weight is 344 g/mol. The van der Waals surface area contributed by atoms with Gasteiger partial charge in [0, 0.05) is 34.9 Å². The van der Waals surface area contributed by atoms with Crippen LogP contribution in [0, 0.1) is 6.92 Å². The number of hydrogen-bond donors (Lipinski definition) is 2. The molecule has 4 rings (SSSR count). The number of hydrogen-bond acceptors (Lipinski definition) is 4. The summed E-state index contributed by atoms with van der Waals surface area (Å²) in [4.78, 5) is 20.8. The molecule has 0 spiro atoms. The molecule has 0 atom stereocenters. The Kier molecular flexibility index (Phi) is 4.03. The van der Waals surface area contributed by atoms with Crippen LogP contribution in [0.2, 0.25) is 0 Å². The number of carbonyl (C=O) groups is 1. The molecule has 2 aromatic carbocycles. The highest BCUT2D eigenvalue weighted by Gasteiger charge is 2.09. The second-order valence-corrected chi connectivity index (χ2v) is 5.80. The Morgan fingerprint density at radius 3 is 2.69 bits per heavy atom. The summed E-state index contributed by atoms with van der Waals surface area (Å²) in [5.41, 5.74) is 3.05. The predicted molar refractivity (Wildman–Crippen MR) is 98.1 cm³/mol. The van der Waals surface area contributed by atoms with Gasteiger partial charge in [0.1, 0.15) is 5.82 Å². The lowest BCUT2D eigenvalue weighted by atomic mass is 10.1. The fourth-order valence-corrected chi connectivity index (χ4v) is 2.61. The number of nitrogens with zero attached hydrogens (tertiary/aromatic N) is 4. The number of anilines is 1. The SMILES string of the molecule is Cc1nc(-c2cccc(NC(=O)c3ccc(-n4ccnc4)cc3)c2)n[nH]1. The molecule has 0 fully saturated rings. The van der Waals surface area contributed by atoms with E-state index in [1.165, 1.54) is 0 Å². The van der Waals surface area contributed by atoms with Crippen LogP contribution in [0.25, 0.3) is 17.1 Å². The Bertz CT molecular complexity index is 1030. The number of H-pyrrole nitrogens is 1. The van der Waals surface area contributed by atoms with Crippen LogP contribution in [0.4, 0.5) is 5.69 Å². The summed E-state index contributed by atoms with van der Waals surface area (Å²) in [6.45, 7) is 1.84. The van der Waals surface area contributed by atoms with E-state index in [1.54, 1.807) is 24.7 Å². The highest BCUT2D eigenvalue weighted by Crippen LogP contribution is 2.20. The lowest BCUT2D eigenvalue weighted by Crippen LogP contribution is -2.11. The van der Waals surface area contributed by atoms with Crippen molar-refractivity contribution in [2.24, 2.45) is 0 Å². The van der Waals surface area contributed by atoms with E-state index in [9.17, 15) is 4.79 Å². The molecule has 2 N–H and O–H groups in total. The minimum atomic E-state index is -0.175. The van der Waals surface area contributed by atoms with Crippen LogP contribution in [0.3, 0.4) is 0 Å². The summed E-state index contributed by atoms with van der Waals surface area (Å²) in [5.74, 6) is 1.17. The summed E-state index contributed by atoms with van der Waals surface area (Å²) in [7, 11) is 0. The number of aromatic amines is 1. The van der Waals surface area contributed by atoms with Crippen LogP contribution in [0.5, 0.6) is 0 Å². The van der Waals surface area contributed by atoms with E-state index >= 15 is 0 Å². The van der Waals surface area contributed by atoms with Crippen LogP contribution in [0.1, 0.15) is 16.2 Å². The molecule has 4 aromatic rings. The van der Waals surface area contributed by atoms with Gasteiger partial charge in [0.25, 0.3) is 5.91 Å². The first kappa shape index (κ1) is 15.8. The molecule has 2 aromatic heterocycles. The first-order valence-electron chi connectivity index (χ1n) is 8.08. The van der Waals surface area contributed by atoms with Crippen LogP contribution >= 0.6 is 0 Å². The van der Waals surface area contributed by atoms with Crippen molar-refractivity contribution in [2.75, 3.05) is 5.32 Å². The molecule has 26 heavy (non-hydrogen) atoms. The molecular formula is C19H16N6O. The summed E-state index contributed by atoms with van der Waals surface area (Å²) in [6, 6.07) is 14.8. The largest absolute Gasteiger partial charge is 0.322 e. The molecule has 0 aliphatic carbocycles. The maximum atomic E-state index is 12.5. The maximum Gasteiger partial charge on any atom is 0.255 e. The number of carbonyl (C=O) groups excluding carboxylic acids is 1. The van der Waals surface area contributed by atoms with Crippen molar-refractivity contribution in [1.29, 1.82) is 0 Å². The molecule has 7 heteroatoms. The minimum absolute atomic E-state index is 0.175. The topological polar surface area (TPSA) is 88.5 Å². The molecule has 0 aliphatic rings. The smallest absolute Gasteiger partial charge is 0.255 e. The first-order valence-corrected chi connectivity index (χ1v) is 8.08. The third kappa shape index (κ3) is 3.23. The fraction of sp³-hybridized carbons (Fsp3) is 0.0526. The van der Waals surface area contributed by atoms with E-state index in [0.717, 1.165) is 17.1 Å². The van der Waals surface area contributed by atoms with Gasteiger partial charge in [0.2, 0.25) is 0 Å². The van der Waals surface area contributed by atoms with Crippen LogP contribution in [-0.2, 0) is 0 Å². The van der Waals surface area contributed by atoms with Gasteiger partial charge in [-0.15, -0.1) is 0 Å². The zero-order valence-electron chi connectivity index (χ0n) is 14.0. The van der Waals surface area contributed by atoms with E-state index < -0.39 is 0 Å². The Morgan fingerprint density at radius 2 is 2.00 bits per heavy atom. The van der Waals surface area contributed by atoms with Crippen molar-refractivity contribution >= 4 is 11.6 Å². The molecule has 128 valence electrons. The van der Waals surface area contributed by atoms with E-state index in [4.69, 9.17) is 0 Å². The summed E-state index contributed by atoms with van der Waals surface area (Å²) in [6.07, 6.45) is 5.28. The monoisotopic (exact) mass is 344 g/mol. The lowest BCUT2D eigenvalue weighted by molar-refractivity contribution is 0.102. The molecule has 0 unspecified atom stereocenters. The molecule has 1 amide bonds. The fourth-order valence-electron chi connectivity index (χ4n) is 2.61. The van der Waals surface area contributed by atoms with Crippen LogP contribution in [-0.4, -0.2) is 30.6 Å². The molecule has 0 aliphatic heterocycles. The number of aromatic nitrogens is 5. The van der Waals surface area contributed by atoms with Crippen LogP contribution in [0.15, 0.2) is 67.3 Å². The van der Waals surface area contributed by atoms with Gasteiger partial charge in [-0.1, -0.05) is 12.1 Å². The molecule has 0 radical (unpaired) electrons. The quantitative estimate of drug-likeness (QED) is 0.595. The van der Waals surface area contributed by atoms with Gasteiger partial charge in [-0.3, -0.25) is 9.89 Å². The van der Waals surface area contributed by atoms with E-state index in [1.807, 2.05) is 54.1 Å². The van der Waals surface area contributed by atoms with Gasteiger partial charge in [-0.2, -0.15) is 5.10 Å². The predicted octanol–water partition coefficient (Wildman–Crippen LogP) is 3.22. The highest BCUT2D eigenvalue weighted by atomic mass is 16.1. The minimum Gasteiger partial charge on any atom is -0.322 e. The third-order valence-electron chi connectivity index (χ3n) is 3.91. The normalized spacial score (nSPS) is 10.7. The molecule has 0 saturated carbocycles. The average Bonchev–Trinajstić information content (AvgIpc) is 3.34. The zero-order chi connectivity index (χ0) is 17.9. The maximum absolute atomic E-state index is 12.5. The summed E-state index contributed by atoms with van der Waals surface area (Å²) < 4.78 is 1.88. The van der Waals surface area contributed by atoms with Gasteiger partial charge in [-0.05, 0) is 43.3 Å². The Morgan fingerprint density at radius 1 is 1.15 bits per heavy atom. The molecule has 0 saturated heterocycles. The number of amides is 1. The first-order chi connectivity index (χ1) is 12.7. The Balaban J connectivity index is 1.51. The summed E-state index contributed by atoms with van der Waals surface area (Å²) >= 11 is 0. The van der Waals surface area contributed by atoms with Crippen molar-refractivity contribution in [3.05, 3.63) is 78.6 Å². The number of aryl methyl sites for hydroxylation is 1. The molecule has 0 bridgehead atoms. The van der Waals surface area contributed by atoms with Gasteiger partial charge >= 0.3 is 0 Å².